The molecule has 1 fully saturated rings. The Hall–Kier alpha value is -2.43. The van der Waals surface area contributed by atoms with Gasteiger partial charge in [-0.1, -0.05) is 6.07 Å². The van der Waals surface area contributed by atoms with Crippen LogP contribution in [0, 0.1) is 19.8 Å². The van der Waals surface area contributed by atoms with Gasteiger partial charge in [0.1, 0.15) is 5.82 Å². The van der Waals surface area contributed by atoms with Crippen LogP contribution in [0.15, 0.2) is 35.6 Å². The Morgan fingerprint density at radius 1 is 1.22 bits per heavy atom. The predicted octanol–water partition coefficient (Wildman–Crippen LogP) is 2.75. The standard InChI is InChI=1S/C18H20N4O/c1-11-4-7-14-15(12(11)2)20-10-22(18(14)23)16(13-5-6-13)17-19-8-9-21(17)3/h4,7-10,13,16H,5-6H2,1-3H3. The van der Waals surface area contributed by atoms with Gasteiger partial charge in [-0.25, -0.2) is 9.97 Å². The molecule has 0 N–H and O–H groups in total. The molecule has 1 saturated carbocycles. The summed E-state index contributed by atoms with van der Waals surface area (Å²) in [6.07, 6.45) is 7.69. The normalized spacial score (nSPS) is 16.0. The van der Waals surface area contributed by atoms with Gasteiger partial charge in [0.2, 0.25) is 0 Å². The minimum absolute atomic E-state index is 0.0259. The first-order valence-electron chi connectivity index (χ1n) is 8.02. The maximum Gasteiger partial charge on any atom is 0.261 e. The van der Waals surface area contributed by atoms with Gasteiger partial charge in [-0.05, 0) is 49.8 Å². The Morgan fingerprint density at radius 3 is 2.65 bits per heavy atom. The number of hydrogen-bond donors (Lipinski definition) is 0. The molecule has 0 bridgehead atoms. The molecule has 4 rings (SSSR count). The highest BCUT2D eigenvalue weighted by molar-refractivity contribution is 5.81. The van der Waals surface area contributed by atoms with Crippen LogP contribution in [0.3, 0.4) is 0 Å². The summed E-state index contributed by atoms with van der Waals surface area (Å²) in [5.41, 5.74) is 3.07. The second kappa shape index (κ2) is 5.05. The highest BCUT2D eigenvalue weighted by Gasteiger charge is 2.36. The molecular formula is C18H20N4O. The number of nitrogens with zero attached hydrogens (tertiary/aromatic N) is 4. The molecule has 23 heavy (non-hydrogen) atoms. The van der Waals surface area contributed by atoms with Crippen LogP contribution >= 0.6 is 0 Å². The zero-order valence-electron chi connectivity index (χ0n) is 13.7. The van der Waals surface area contributed by atoms with Crippen molar-refractivity contribution >= 4 is 10.9 Å². The van der Waals surface area contributed by atoms with Crippen LogP contribution in [0.5, 0.6) is 0 Å². The van der Waals surface area contributed by atoms with E-state index in [-0.39, 0.29) is 11.6 Å². The van der Waals surface area contributed by atoms with E-state index in [4.69, 9.17) is 0 Å². The molecule has 5 heteroatoms. The summed E-state index contributed by atoms with van der Waals surface area (Å²) in [6.45, 7) is 4.06. The number of benzene rings is 1. The third-order valence-electron chi connectivity index (χ3n) is 4.97. The highest BCUT2D eigenvalue weighted by atomic mass is 16.1. The van der Waals surface area contributed by atoms with Gasteiger partial charge in [0, 0.05) is 19.4 Å². The average molecular weight is 308 g/mol. The highest BCUT2D eigenvalue weighted by Crippen LogP contribution is 2.42. The van der Waals surface area contributed by atoms with E-state index in [1.54, 1.807) is 17.1 Å². The van der Waals surface area contributed by atoms with E-state index in [0.29, 0.717) is 11.3 Å². The lowest BCUT2D eigenvalue weighted by molar-refractivity contribution is 0.463. The van der Waals surface area contributed by atoms with E-state index in [1.807, 2.05) is 43.8 Å². The maximum atomic E-state index is 13.1. The van der Waals surface area contributed by atoms with Crippen molar-refractivity contribution in [3.05, 3.63) is 58.2 Å². The summed E-state index contributed by atoms with van der Waals surface area (Å²) in [5.74, 6) is 1.40. The minimum Gasteiger partial charge on any atom is -0.336 e. The van der Waals surface area contributed by atoms with Gasteiger partial charge in [0.05, 0.1) is 23.3 Å². The first-order chi connectivity index (χ1) is 11.1. The van der Waals surface area contributed by atoms with E-state index in [1.165, 1.54) is 0 Å². The van der Waals surface area contributed by atoms with Gasteiger partial charge in [-0.15, -0.1) is 0 Å². The fourth-order valence-electron chi connectivity index (χ4n) is 3.29. The van der Waals surface area contributed by atoms with Crippen molar-refractivity contribution in [2.45, 2.75) is 32.7 Å². The van der Waals surface area contributed by atoms with Gasteiger partial charge in [0.15, 0.2) is 0 Å². The molecule has 1 atom stereocenters. The topological polar surface area (TPSA) is 52.7 Å². The number of hydrogen-bond acceptors (Lipinski definition) is 3. The van der Waals surface area contributed by atoms with E-state index in [0.717, 1.165) is 35.3 Å². The third-order valence-corrected chi connectivity index (χ3v) is 4.97. The second-order valence-electron chi connectivity index (χ2n) is 6.54. The molecule has 1 aliphatic carbocycles. The molecule has 0 spiro atoms. The lowest BCUT2D eigenvalue weighted by atomic mass is 10.1. The van der Waals surface area contributed by atoms with Gasteiger partial charge < -0.3 is 4.57 Å². The number of aromatic nitrogens is 4. The van der Waals surface area contributed by atoms with Crippen LogP contribution in [-0.4, -0.2) is 19.1 Å². The smallest absolute Gasteiger partial charge is 0.261 e. The zero-order valence-corrected chi connectivity index (χ0v) is 13.7. The molecule has 2 heterocycles. The lowest BCUT2D eigenvalue weighted by Gasteiger charge is -2.19. The predicted molar refractivity (Wildman–Crippen MR) is 89.5 cm³/mol. The molecule has 2 aromatic heterocycles. The number of fused-ring (bicyclic) bond motifs is 1. The van der Waals surface area contributed by atoms with Crippen molar-refractivity contribution in [3.8, 4) is 0 Å². The van der Waals surface area contributed by atoms with Crippen LogP contribution in [0.25, 0.3) is 10.9 Å². The molecule has 3 aromatic rings. The molecular weight excluding hydrogens is 288 g/mol. The summed E-state index contributed by atoms with van der Waals surface area (Å²) >= 11 is 0. The molecule has 0 aliphatic heterocycles. The SMILES string of the molecule is Cc1ccc2c(=O)n(C(c3nccn3C)C3CC3)cnc2c1C. The summed E-state index contributed by atoms with van der Waals surface area (Å²) in [6, 6.07) is 3.87. The third kappa shape index (κ3) is 2.19. The Morgan fingerprint density at radius 2 is 2.00 bits per heavy atom. The Kier molecular flexibility index (Phi) is 3.11. The second-order valence-corrected chi connectivity index (χ2v) is 6.54. The summed E-state index contributed by atoms with van der Waals surface area (Å²) in [5, 5.41) is 0.690. The van der Waals surface area contributed by atoms with E-state index in [2.05, 4.69) is 9.97 Å². The molecule has 1 unspecified atom stereocenters. The van der Waals surface area contributed by atoms with Crippen molar-refractivity contribution in [1.82, 2.24) is 19.1 Å². The lowest BCUT2D eigenvalue weighted by Crippen LogP contribution is -2.29. The van der Waals surface area contributed by atoms with Crippen LogP contribution in [0.2, 0.25) is 0 Å². The van der Waals surface area contributed by atoms with E-state index >= 15 is 0 Å². The van der Waals surface area contributed by atoms with Crippen LogP contribution in [-0.2, 0) is 7.05 Å². The van der Waals surface area contributed by atoms with Gasteiger partial charge in [0.25, 0.3) is 5.56 Å². The molecule has 0 radical (unpaired) electrons. The van der Waals surface area contributed by atoms with Gasteiger partial charge in [-0.2, -0.15) is 0 Å². The molecule has 0 amide bonds. The van der Waals surface area contributed by atoms with Crippen molar-refractivity contribution in [2.75, 3.05) is 0 Å². The van der Waals surface area contributed by atoms with E-state index in [9.17, 15) is 4.79 Å². The van der Waals surface area contributed by atoms with Crippen molar-refractivity contribution in [2.24, 2.45) is 13.0 Å². The number of rotatable bonds is 3. The molecule has 118 valence electrons. The fourth-order valence-corrected chi connectivity index (χ4v) is 3.29. The first-order valence-corrected chi connectivity index (χ1v) is 8.02. The minimum atomic E-state index is -0.0268. The number of aryl methyl sites for hydroxylation is 3. The fraction of sp³-hybridized carbons (Fsp3) is 0.389. The summed E-state index contributed by atoms with van der Waals surface area (Å²) in [4.78, 5) is 22.1. The Balaban J connectivity index is 1.94. The van der Waals surface area contributed by atoms with Crippen LogP contribution in [0.4, 0.5) is 0 Å². The first kappa shape index (κ1) is 14.2. The summed E-state index contributed by atoms with van der Waals surface area (Å²) in [7, 11) is 1.98. The average Bonchev–Trinajstić information content (AvgIpc) is 3.28. The molecule has 0 saturated heterocycles. The van der Waals surface area contributed by atoms with Gasteiger partial charge >= 0.3 is 0 Å². The largest absolute Gasteiger partial charge is 0.336 e. The summed E-state index contributed by atoms with van der Waals surface area (Å²) < 4.78 is 3.77. The van der Waals surface area contributed by atoms with Gasteiger partial charge in [-0.3, -0.25) is 9.36 Å². The molecule has 1 aromatic carbocycles. The quantitative estimate of drug-likeness (QED) is 0.747. The van der Waals surface area contributed by atoms with Crippen molar-refractivity contribution < 1.29 is 0 Å². The monoisotopic (exact) mass is 308 g/mol. The van der Waals surface area contributed by atoms with Crippen molar-refractivity contribution in [1.29, 1.82) is 0 Å². The number of imidazole rings is 1. The molecule has 5 nitrogen and oxygen atoms in total. The van der Waals surface area contributed by atoms with Crippen molar-refractivity contribution in [3.63, 3.8) is 0 Å². The van der Waals surface area contributed by atoms with Crippen LogP contribution in [0.1, 0.15) is 35.8 Å². The Labute approximate surface area is 134 Å². The van der Waals surface area contributed by atoms with Crippen LogP contribution < -0.4 is 5.56 Å². The molecule has 1 aliphatic rings. The zero-order chi connectivity index (χ0) is 16.1. The Bertz CT molecular complexity index is 949. The maximum absolute atomic E-state index is 13.1. The van der Waals surface area contributed by atoms with E-state index < -0.39 is 0 Å².